The molecule has 2 atom stereocenters. The molecule has 0 aliphatic rings. The van der Waals surface area contributed by atoms with Gasteiger partial charge in [0.05, 0.1) is 0 Å². The summed E-state index contributed by atoms with van der Waals surface area (Å²) >= 11 is 0. The molecule has 0 saturated heterocycles. The third-order valence-electron chi connectivity index (χ3n) is 11.1. The van der Waals surface area contributed by atoms with Gasteiger partial charge in [-0.15, -0.1) is 0 Å². The van der Waals surface area contributed by atoms with Crippen LogP contribution in [-0.4, -0.2) is 87.5 Å². The highest BCUT2D eigenvalue weighted by molar-refractivity contribution is 5.86. The summed E-state index contributed by atoms with van der Waals surface area (Å²) in [6, 6.07) is 35.6. The highest BCUT2D eigenvalue weighted by atomic mass is 16.6. The smallest absolute Gasteiger partial charge is 0.408 e. The Morgan fingerprint density at radius 1 is 0.324 bits per heavy atom. The van der Waals surface area contributed by atoms with E-state index in [0.29, 0.717) is 38.8 Å². The molecule has 71 heavy (non-hydrogen) atoms. The lowest BCUT2D eigenvalue weighted by Crippen LogP contribution is -2.47. The fraction of sp³-hybridized carbons (Fsp3) is 0.444. The van der Waals surface area contributed by atoms with Crippen LogP contribution in [0.2, 0.25) is 0 Å². The normalized spacial score (nSPS) is 11.5. The number of amides is 6. The number of unbranched alkanes of at least 4 members (excludes halogenated alkanes) is 6. The molecule has 0 heterocycles. The molecule has 7 N–H and O–H groups in total. The Bertz CT molecular complexity index is 1950. The predicted octanol–water partition coefficient (Wildman–Crippen LogP) is 7.93. The largest absolute Gasteiger partial charge is 0.445 e. The van der Waals surface area contributed by atoms with E-state index >= 15 is 0 Å². The second-order valence-electron chi connectivity index (χ2n) is 16.9. The summed E-state index contributed by atoms with van der Waals surface area (Å²) in [7, 11) is 0. The van der Waals surface area contributed by atoms with Crippen molar-refractivity contribution in [3.8, 4) is 0 Å². The first-order valence-electron chi connectivity index (χ1n) is 24.8. The van der Waals surface area contributed by atoms with E-state index in [1.807, 2.05) is 121 Å². The van der Waals surface area contributed by atoms with Gasteiger partial charge in [0.15, 0.2) is 0 Å². The molecule has 6 amide bonds. The molecule has 0 saturated carbocycles. The molecule has 0 unspecified atom stereocenters. The van der Waals surface area contributed by atoms with Gasteiger partial charge in [-0.1, -0.05) is 147 Å². The van der Waals surface area contributed by atoms with Crippen LogP contribution in [-0.2, 0) is 55.0 Å². The Morgan fingerprint density at radius 2 is 0.606 bits per heavy atom. The van der Waals surface area contributed by atoms with Crippen molar-refractivity contribution in [1.29, 1.82) is 0 Å². The molecule has 0 radical (unpaired) electrons. The number of alkyl carbamates (subject to hydrolysis) is 4. The zero-order valence-electron chi connectivity index (χ0n) is 40.8. The molecule has 0 fully saturated rings. The van der Waals surface area contributed by atoms with Crippen LogP contribution in [0.3, 0.4) is 0 Å². The van der Waals surface area contributed by atoms with Gasteiger partial charge in [0, 0.05) is 26.2 Å². The molecule has 384 valence electrons. The maximum atomic E-state index is 13.2. The van der Waals surface area contributed by atoms with Gasteiger partial charge >= 0.3 is 24.4 Å². The first kappa shape index (κ1) is 56.4. The summed E-state index contributed by atoms with van der Waals surface area (Å²) in [6.07, 6.45) is 6.39. The van der Waals surface area contributed by atoms with Gasteiger partial charge in [-0.3, -0.25) is 9.59 Å². The van der Waals surface area contributed by atoms with E-state index in [2.05, 4.69) is 37.2 Å². The Morgan fingerprint density at radius 3 is 0.930 bits per heavy atom. The maximum absolute atomic E-state index is 13.2. The van der Waals surface area contributed by atoms with Crippen molar-refractivity contribution in [1.82, 2.24) is 37.2 Å². The summed E-state index contributed by atoms with van der Waals surface area (Å²) in [5.74, 6) is -0.619. The van der Waals surface area contributed by atoms with Crippen molar-refractivity contribution in [2.75, 3.05) is 39.3 Å². The summed E-state index contributed by atoms with van der Waals surface area (Å²) in [4.78, 5) is 76.0. The quantitative estimate of drug-likeness (QED) is 0.0176. The van der Waals surface area contributed by atoms with Gasteiger partial charge in [-0.2, -0.15) is 0 Å². The van der Waals surface area contributed by atoms with Gasteiger partial charge in [-0.25, -0.2) is 19.2 Å². The molecule has 17 nitrogen and oxygen atoms in total. The van der Waals surface area contributed by atoms with E-state index in [9.17, 15) is 28.8 Å². The second-order valence-corrected chi connectivity index (χ2v) is 16.9. The van der Waals surface area contributed by atoms with Crippen LogP contribution in [0.1, 0.15) is 99.3 Å². The minimum absolute atomic E-state index is 0.0739. The van der Waals surface area contributed by atoms with Crippen molar-refractivity contribution < 1.29 is 47.7 Å². The number of hydrogen-bond acceptors (Lipinski definition) is 11. The Kier molecular flexibility index (Phi) is 28.5. The number of hydrogen-bond donors (Lipinski definition) is 7. The van der Waals surface area contributed by atoms with Crippen LogP contribution < -0.4 is 37.2 Å². The number of ether oxygens (including phenoxy) is 4. The fourth-order valence-electron chi connectivity index (χ4n) is 7.14. The minimum Gasteiger partial charge on any atom is -0.445 e. The van der Waals surface area contributed by atoms with E-state index < -0.39 is 36.5 Å². The average molecular weight is 980 g/mol. The average Bonchev–Trinajstić information content (AvgIpc) is 3.40. The van der Waals surface area contributed by atoms with Crippen LogP contribution in [0.25, 0.3) is 0 Å². The van der Waals surface area contributed by atoms with Crippen LogP contribution in [0.15, 0.2) is 121 Å². The zero-order valence-corrected chi connectivity index (χ0v) is 40.8. The standard InChI is InChI=1S/C54H73N7O10/c62-49(47(60-53(66)70-41-45-27-13-7-14-28-45)31-21-37-58-51(64)68-39-43-23-9-5-10-24-43)56-35-19-3-1-17-33-55-34-18-2-4-20-36-57-50(63)48(61-54(67)71-42-46-29-15-8-16-30-46)32-22-38-59-52(65)69-40-44-25-11-6-12-26-44/h5-16,23-30,47-48,55H,1-4,17-22,31-42H2,(H,56,62)(H,57,63)(H,58,64)(H,59,65)(H,60,66)(H,61,67)/t47-,48+. The molecule has 0 aromatic heterocycles. The number of nitrogens with one attached hydrogen (secondary N) is 7. The number of benzene rings is 4. The van der Waals surface area contributed by atoms with Crippen LogP contribution in [0, 0.1) is 0 Å². The summed E-state index contributed by atoms with van der Waals surface area (Å²) in [5, 5.41) is 20.1. The highest BCUT2D eigenvalue weighted by Crippen LogP contribution is 2.08. The van der Waals surface area contributed by atoms with Crippen molar-refractivity contribution in [2.45, 2.75) is 116 Å². The van der Waals surface area contributed by atoms with Gasteiger partial charge in [-0.05, 0) is 86.7 Å². The molecule has 0 spiro atoms. The third-order valence-corrected chi connectivity index (χ3v) is 11.1. The lowest BCUT2D eigenvalue weighted by atomic mass is 10.1. The minimum atomic E-state index is -0.837. The van der Waals surface area contributed by atoms with Crippen LogP contribution in [0.5, 0.6) is 0 Å². The second kappa shape index (κ2) is 35.9. The lowest BCUT2D eigenvalue weighted by molar-refractivity contribution is -0.124. The van der Waals surface area contributed by atoms with Crippen molar-refractivity contribution >= 4 is 36.2 Å². The highest BCUT2D eigenvalue weighted by Gasteiger charge is 2.23. The number of carbonyl (C=O) groups excluding carboxylic acids is 6. The molecule has 17 heteroatoms. The predicted molar refractivity (Wildman–Crippen MR) is 271 cm³/mol. The molecular formula is C54H73N7O10. The van der Waals surface area contributed by atoms with E-state index in [1.54, 1.807) is 0 Å². The first-order valence-corrected chi connectivity index (χ1v) is 24.8. The van der Waals surface area contributed by atoms with Gasteiger partial charge in [0.25, 0.3) is 0 Å². The van der Waals surface area contributed by atoms with Gasteiger partial charge in [0.1, 0.15) is 38.5 Å². The first-order chi connectivity index (χ1) is 34.7. The van der Waals surface area contributed by atoms with Gasteiger partial charge < -0.3 is 56.2 Å². The Balaban J connectivity index is 1.03. The Hall–Kier alpha value is -7.14. The molecule has 0 bridgehead atoms. The van der Waals surface area contributed by atoms with Gasteiger partial charge in [0.2, 0.25) is 11.8 Å². The number of rotatable bonds is 34. The summed E-state index contributed by atoms with van der Waals surface area (Å²) in [6.45, 7) is 3.70. The summed E-state index contributed by atoms with van der Waals surface area (Å²) < 4.78 is 21.2. The maximum Gasteiger partial charge on any atom is 0.408 e. The molecule has 4 aromatic rings. The topological polar surface area (TPSA) is 224 Å². The third kappa shape index (κ3) is 27.0. The monoisotopic (exact) mass is 980 g/mol. The van der Waals surface area contributed by atoms with Crippen LogP contribution in [0.4, 0.5) is 19.2 Å². The Labute approximate surface area is 418 Å². The summed E-state index contributed by atoms with van der Waals surface area (Å²) in [5.41, 5.74) is 3.41. The van der Waals surface area contributed by atoms with E-state index in [4.69, 9.17) is 18.9 Å². The molecular weight excluding hydrogens is 907 g/mol. The molecule has 0 aliphatic carbocycles. The van der Waals surface area contributed by atoms with E-state index in [1.165, 1.54) is 0 Å². The number of carbonyl (C=O) groups is 6. The van der Waals surface area contributed by atoms with Crippen molar-refractivity contribution in [3.63, 3.8) is 0 Å². The van der Waals surface area contributed by atoms with E-state index in [0.717, 1.165) is 86.7 Å². The van der Waals surface area contributed by atoms with Crippen molar-refractivity contribution in [3.05, 3.63) is 144 Å². The lowest BCUT2D eigenvalue weighted by Gasteiger charge is -2.18. The SMILES string of the molecule is O=C(NCCC[C@H](NC(=O)OCc1ccccc1)C(=O)NCCCCCCNCCCCCCNC(=O)[C@@H](CCCNC(=O)OCc1ccccc1)NC(=O)OCc1ccccc1)OCc1ccccc1. The molecule has 0 aliphatic heterocycles. The van der Waals surface area contributed by atoms with Crippen molar-refractivity contribution in [2.24, 2.45) is 0 Å². The van der Waals surface area contributed by atoms with Crippen LogP contribution >= 0.6 is 0 Å². The zero-order chi connectivity index (χ0) is 50.4. The van der Waals surface area contributed by atoms with E-state index in [-0.39, 0.29) is 51.3 Å². The molecule has 4 aromatic carbocycles. The fourth-order valence-corrected chi connectivity index (χ4v) is 7.14. The molecule has 4 rings (SSSR count).